The van der Waals surface area contributed by atoms with Crippen LogP contribution in [0.25, 0.3) is 0 Å². The van der Waals surface area contributed by atoms with Crippen LogP contribution in [0, 0.1) is 5.92 Å². The molecule has 3 heteroatoms. The molecule has 16 heavy (non-hydrogen) atoms. The summed E-state index contributed by atoms with van der Waals surface area (Å²) in [6.45, 7) is 0. The topological polar surface area (TPSA) is 29.1 Å². The van der Waals surface area contributed by atoms with E-state index in [0.717, 1.165) is 31.0 Å². The van der Waals surface area contributed by atoms with Crippen LogP contribution in [-0.4, -0.2) is 16.8 Å². The third-order valence-electron chi connectivity index (χ3n) is 4.18. The molecule has 0 spiro atoms. The van der Waals surface area contributed by atoms with Gasteiger partial charge in [0.1, 0.15) is 0 Å². The molecule has 2 nitrogen and oxygen atoms in total. The predicted octanol–water partition coefficient (Wildman–Crippen LogP) is 3.39. The van der Waals surface area contributed by atoms with Gasteiger partial charge in [-0.25, -0.2) is 0 Å². The highest BCUT2D eigenvalue weighted by Gasteiger charge is 2.35. The maximum absolute atomic E-state index is 12.2. The summed E-state index contributed by atoms with van der Waals surface area (Å²) in [6, 6.07) is 0. The zero-order valence-corrected chi connectivity index (χ0v) is 11.5. The lowest BCUT2D eigenvalue weighted by Crippen LogP contribution is -2.50. The van der Waals surface area contributed by atoms with E-state index in [1.54, 1.807) is 0 Å². The van der Waals surface area contributed by atoms with E-state index in [-0.39, 0.29) is 5.54 Å². The first kappa shape index (κ1) is 12.4. The van der Waals surface area contributed by atoms with E-state index in [9.17, 15) is 4.79 Å². The molecule has 1 N–H and O–H groups in total. The molecule has 2 fully saturated rings. The molecule has 0 bridgehead atoms. The normalized spacial score (nSPS) is 25.6. The lowest BCUT2D eigenvalue weighted by atomic mass is 9.87. The van der Waals surface area contributed by atoms with Crippen molar-refractivity contribution in [2.45, 2.75) is 63.3 Å². The number of carbonyl (C=O) groups excluding carboxylic acids is 1. The summed E-state index contributed by atoms with van der Waals surface area (Å²) < 4.78 is 0. The predicted molar refractivity (Wildman–Crippen MR) is 69.7 cm³/mol. The van der Waals surface area contributed by atoms with Crippen molar-refractivity contribution in [2.75, 3.05) is 5.33 Å². The number of rotatable bonds is 3. The van der Waals surface area contributed by atoms with Crippen LogP contribution < -0.4 is 5.32 Å². The number of amides is 1. The standard InChI is InChI=1S/C13H22BrNO/c14-10-13(8-4-5-9-13)15-12(16)11-6-2-1-3-7-11/h11H,1-10H2,(H,15,16). The van der Waals surface area contributed by atoms with Gasteiger partial charge in [0.15, 0.2) is 0 Å². The van der Waals surface area contributed by atoms with Gasteiger partial charge < -0.3 is 5.32 Å². The van der Waals surface area contributed by atoms with Crippen molar-refractivity contribution in [3.8, 4) is 0 Å². The Bertz CT molecular complexity index is 242. The molecule has 2 aliphatic rings. The molecular formula is C13H22BrNO. The van der Waals surface area contributed by atoms with Crippen molar-refractivity contribution in [1.29, 1.82) is 0 Å². The quantitative estimate of drug-likeness (QED) is 0.792. The second-order valence-corrected chi connectivity index (χ2v) is 6.01. The van der Waals surface area contributed by atoms with Gasteiger partial charge in [0.05, 0.1) is 0 Å². The summed E-state index contributed by atoms with van der Waals surface area (Å²) in [7, 11) is 0. The minimum Gasteiger partial charge on any atom is -0.350 e. The van der Waals surface area contributed by atoms with Gasteiger partial charge in [0, 0.05) is 16.8 Å². The first-order chi connectivity index (χ1) is 7.76. The third kappa shape index (κ3) is 2.79. The van der Waals surface area contributed by atoms with E-state index in [0.29, 0.717) is 11.8 Å². The maximum Gasteiger partial charge on any atom is 0.223 e. The summed E-state index contributed by atoms with van der Waals surface area (Å²) in [6.07, 6.45) is 10.8. The van der Waals surface area contributed by atoms with Crippen LogP contribution in [0.2, 0.25) is 0 Å². The Morgan fingerprint density at radius 2 is 1.75 bits per heavy atom. The van der Waals surface area contributed by atoms with Gasteiger partial charge in [0.2, 0.25) is 5.91 Å². The summed E-state index contributed by atoms with van der Waals surface area (Å²) in [5.41, 5.74) is 0.0779. The zero-order valence-electron chi connectivity index (χ0n) is 9.93. The SMILES string of the molecule is O=C(NC1(CBr)CCCC1)C1CCCCC1. The molecule has 2 rings (SSSR count). The molecule has 0 saturated heterocycles. The second-order valence-electron chi connectivity index (χ2n) is 5.45. The number of halogens is 1. The third-order valence-corrected chi connectivity index (χ3v) is 5.25. The van der Waals surface area contributed by atoms with Gasteiger partial charge in [-0.1, -0.05) is 48.0 Å². The highest BCUT2D eigenvalue weighted by Crippen LogP contribution is 2.32. The second kappa shape index (κ2) is 5.52. The van der Waals surface area contributed by atoms with Gasteiger partial charge >= 0.3 is 0 Å². The number of alkyl halides is 1. The zero-order chi connectivity index (χ0) is 11.4. The molecule has 0 radical (unpaired) electrons. The monoisotopic (exact) mass is 287 g/mol. The van der Waals surface area contributed by atoms with Gasteiger partial charge in [-0.3, -0.25) is 4.79 Å². The number of carbonyl (C=O) groups is 1. The average Bonchev–Trinajstić information content (AvgIpc) is 2.79. The smallest absolute Gasteiger partial charge is 0.223 e. The molecule has 0 heterocycles. The molecule has 2 saturated carbocycles. The fourth-order valence-electron chi connectivity index (χ4n) is 3.07. The fourth-order valence-corrected chi connectivity index (χ4v) is 3.77. The molecule has 0 aromatic carbocycles. The molecule has 0 atom stereocenters. The Morgan fingerprint density at radius 3 is 2.31 bits per heavy atom. The first-order valence-electron chi connectivity index (χ1n) is 6.64. The Labute approximate surface area is 107 Å². The van der Waals surface area contributed by atoms with Crippen LogP contribution in [0.5, 0.6) is 0 Å². The van der Waals surface area contributed by atoms with Crippen molar-refractivity contribution in [2.24, 2.45) is 5.92 Å². The first-order valence-corrected chi connectivity index (χ1v) is 7.76. The van der Waals surface area contributed by atoms with Crippen LogP contribution in [-0.2, 0) is 4.79 Å². The van der Waals surface area contributed by atoms with Crippen molar-refractivity contribution >= 4 is 21.8 Å². The van der Waals surface area contributed by atoms with Crippen LogP contribution in [0.1, 0.15) is 57.8 Å². The van der Waals surface area contributed by atoms with Crippen LogP contribution in [0.15, 0.2) is 0 Å². The van der Waals surface area contributed by atoms with Gasteiger partial charge in [0.25, 0.3) is 0 Å². The van der Waals surface area contributed by atoms with Crippen molar-refractivity contribution in [3.05, 3.63) is 0 Å². The van der Waals surface area contributed by atoms with Crippen LogP contribution in [0.4, 0.5) is 0 Å². The van der Waals surface area contributed by atoms with E-state index in [1.165, 1.54) is 32.1 Å². The molecule has 0 aromatic heterocycles. The largest absolute Gasteiger partial charge is 0.350 e. The Hall–Kier alpha value is -0.0500. The molecular weight excluding hydrogens is 266 g/mol. The lowest BCUT2D eigenvalue weighted by molar-refractivity contribution is -0.127. The molecule has 0 aromatic rings. The van der Waals surface area contributed by atoms with Crippen molar-refractivity contribution in [1.82, 2.24) is 5.32 Å². The molecule has 0 unspecified atom stereocenters. The number of hydrogen-bond donors (Lipinski definition) is 1. The Morgan fingerprint density at radius 1 is 1.12 bits per heavy atom. The summed E-state index contributed by atoms with van der Waals surface area (Å²) in [4.78, 5) is 12.2. The van der Waals surface area contributed by atoms with E-state index < -0.39 is 0 Å². The van der Waals surface area contributed by atoms with Crippen molar-refractivity contribution in [3.63, 3.8) is 0 Å². The average molecular weight is 288 g/mol. The lowest BCUT2D eigenvalue weighted by Gasteiger charge is -2.31. The molecule has 92 valence electrons. The van der Waals surface area contributed by atoms with E-state index in [4.69, 9.17) is 0 Å². The molecule has 0 aliphatic heterocycles. The summed E-state index contributed by atoms with van der Waals surface area (Å²) in [5.74, 6) is 0.617. The van der Waals surface area contributed by atoms with E-state index >= 15 is 0 Å². The fraction of sp³-hybridized carbons (Fsp3) is 0.923. The van der Waals surface area contributed by atoms with Crippen LogP contribution in [0.3, 0.4) is 0 Å². The molecule has 2 aliphatic carbocycles. The minimum atomic E-state index is 0.0779. The Kier molecular flexibility index (Phi) is 4.28. The number of nitrogens with one attached hydrogen (secondary N) is 1. The van der Waals surface area contributed by atoms with Gasteiger partial charge in [-0.15, -0.1) is 0 Å². The molecule has 1 amide bonds. The Balaban J connectivity index is 1.89. The highest BCUT2D eigenvalue weighted by molar-refractivity contribution is 9.09. The van der Waals surface area contributed by atoms with Crippen molar-refractivity contribution < 1.29 is 4.79 Å². The van der Waals surface area contributed by atoms with Gasteiger partial charge in [-0.2, -0.15) is 0 Å². The summed E-state index contributed by atoms with van der Waals surface area (Å²) in [5, 5.41) is 4.24. The van der Waals surface area contributed by atoms with Crippen LogP contribution >= 0.6 is 15.9 Å². The minimum absolute atomic E-state index is 0.0779. The van der Waals surface area contributed by atoms with E-state index in [2.05, 4.69) is 21.2 Å². The number of hydrogen-bond acceptors (Lipinski definition) is 1. The summed E-state index contributed by atoms with van der Waals surface area (Å²) >= 11 is 3.57. The highest BCUT2D eigenvalue weighted by atomic mass is 79.9. The maximum atomic E-state index is 12.2. The van der Waals surface area contributed by atoms with Gasteiger partial charge in [-0.05, 0) is 25.7 Å². The van der Waals surface area contributed by atoms with E-state index in [1.807, 2.05) is 0 Å².